The lowest BCUT2D eigenvalue weighted by Gasteiger charge is -2.30. The molecule has 0 radical (unpaired) electrons. The van der Waals surface area contributed by atoms with Gasteiger partial charge in [-0.3, -0.25) is 19.0 Å². The number of aromatic nitrogens is 2. The van der Waals surface area contributed by atoms with Crippen LogP contribution in [0.3, 0.4) is 0 Å². The van der Waals surface area contributed by atoms with E-state index in [9.17, 15) is 14.4 Å². The quantitative estimate of drug-likeness (QED) is 0.313. The number of benzene rings is 2. The Hall–Kier alpha value is -3.33. The number of fused-ring (bicyclic) bond motifs is 1. The van der Waals surface area contributed by atoms with Crippen LogP contribution in [0.5, 0.6) is 5.75 Å². The summed E-state index contributed by atoms with van der Waals surface area (Å²) in [6.45, 7) is 1.01. The first-order chi connectivity index (χ1) is 16.0. The molecule has 0 bridgehead atoms. The lowest BCUT2D eigenvalue weighted by molar-refractivity contribution is -0.148. The molecule has 0 saturated carbocycles. The van der Waals surface area contributed by atoms with E-state index in [1.165, 1.54) is 23.4 Å². The van der Waals surface area contributed by atoms with Crippen molar-refractivity contribution in [3.8, 4) is 11.4 Å². The smallest absolute Gasteiger partial charge is 0.308 e. The number of piperidine rings is 1. The van der Waals surface area contributed by atoms with Crippen molar-refractivity contribution in [2.75, 3.05) is 33.1 Å². The van der Waals surface area contributed by atoms with Gasteiger partial charge in [-0.25, -0.2) is 4.98 Å². The average Bonchev–Trinajstić information content (AvgIpc) is 2.87. The fourth-order valence-corrected chi connectivity index (χ4v) is 4.85. The normalized spacial score (nSPS) is 14.3. The predicted molar refractivity (Wildman–Crippen MR) is 126 cm³/mol. The molecule has 1 aliphatic heterocycles. The zero-order chi connectivity index (χ0) is 23.4. The third-order valence-electron chi connectivity index (χ3n) is 5.76. The van der Waals surface area contributed by atoms with Crippen molar-refractivity contribution in [1.29, 1.82) is 0 Å². The Morgan fingerprint density at radius 2 is 1.85 bits per heavy atom. The Kier molecular flexibility index (Phi) is 6.98. The molecule has 3 aromatic rings. The number of para-hydroxylation sites is 1. The maximum Gasteiger partial charge on any atom is 0.308 e. The number of methoxy groups -OCH3 is 2. The van der Waals surface area contributed by atoms with Crippen molar-refractivity contribution in [2.45, 2.75) is 18.0 Å². The number of hydrogen-bond acceptors (Lipinski definition) is 7. The second-order valence-electron chi connectivity index (χ2n) is 7.72. The maximum atomic E-state index is 13.4. The van der Waals surface area contributed by atoms with E-state index in [0.717, 1.165) is 0 Å². The minimum absolute atomic E-state index is 0.0529. The molecule has 2 heterocycles. The highest BCUT2D eigenvalue weighted by atomic mass is 32.2. The topological polar surface area (TPSA) is 90.7 Å². The average molecular weight is 468 g/mol. The summed E-state index contributed by atoms with van der Waals surface area (Å²) in [4.78, 5) is 44.4. The second kappa shape index (κ2) is 10.1. The number of amides is 1. The Morgan fingerprint density at radius 3 is 2.58 bits per heavy atom. The monoisotopic (exact) mass is 467 g/mol. The second-order valence-corrected chi connectivity index (χ2v) is 8.66. The Labute approximate surface area is 195 Å². The maximum absolute atomic E-state index is 13.4. The number of likely N-dealkylation sites (tertiary alicyclic amines) is 1. The third kappa shape index (κ3) is 4.88. The fraction of sp³-hybridized carbons (Fsp3) is 0.333. The minimum atomic E-state index is -0.223. The van der Waals surface area contributed by atoms with Gasteiger partial charge >= 0.3 is 5.97 Å². The predicted octanol–water partition coefficient (Wildman–Crippen LogP) is 2.90. The molecule has 0 aliphatic carbocycles. The summed E-state index contributed by atoms with van der Waals surface area (Å²) < 4.78 is 11.7. The molecule has 9 heteroatoms. The molecular formula is C24H25N3O5S. The number of hydrogen-bond donors (Lipinski definition) is 0. The van der Waals surface area contributed by atoms with Gasteiger partial charge in [-0.2, -0.15) is 0 Å². The first-order valence-corrected chi connectivity index (χ1v) is 11.6. The Balaban J connectivity index is 1.59. The largest absolute Gasteiger partial charge is 0.497 e. The molecular weight excluding hydrogens is 442 g/mol. The fourth-order valence-electron chi connectivity index (χ4n) is 3.94. The summed E-state index contributed by atoms with van der Waals surface area (Å²) in [6, 6.07) is 14.3. The van der Waals surface area contributed by atoms with E-state index in [2.05, 4.69) is 4.98 Å². The van der Waals surface area contributed by atoms with Crippen molar-refractivity contribution in [3.63, 3.8) is 0 Å². The van der Waals surface area contributed by atoms with Gasteiger partial charge in [-0.1, -0.05) is 30.0 Å². The standard InChI is InChI=1S/C24H25N3O5S/c1-31-18-7-5-6-17(14-18)27-22(29)19-8-3-4-9-20(19)25-24(27)33-15-21(28)26-12-10-16(11-13-26)23(30)32-2/h3-9,14,16H,10-13,15H2,1-2H3. The summed E-state index contributed by atoms with van der Waals surface area (Å²) >= 11 is 1.23. The highest BCUT2D eigenvalue weighted by Gasteiger charge is 2.28. The van der Waals surface area contributed by atoms with Gasteiger partial charge in [0.1, 0.15) is 5.75 Å². The molecule has 0 atom stereocenters. The summed E-state index contributed by atoms with van der Waals surface area (Å²) in [5.41, 5.74) is 0.990. The van der Waals surface area contributed by atoms with Crippen molar-refractivity contribution in [2.24, 2.45) is 5.92 Å². The van der Waals surface area contributed by atoms with Gasteiger partial charge in [0, 0.05) is 19.2 Å². The summed E-state index contributed by atoms with van der Waals surface area (Å²) in [5, 5.41) is 0.936. The van der Waals surface area contributed by atoms with Crippen molar-refractivity contribution in [3.05, 3.63) is 58.9 Å². The molecule has 1 fully saturated rings. The number of rotatable bonds is 6. The molecule has 8 nitrogen and oxygen atoms in total. The number of carbonyl (C=O) groups is 2. The van der Waals surface area contributed by atoms with E-state index in [1.807, 2.05) is 12.1 Å². The molecule has 1 amide bonds. The zero-order valence-electron chi connectivity index (χ0n) is 18.5. The van der Waals surface area contributed by atoms with E-state index < -0.39 is 0 Å². The van der Waals surface area contributed by atoms with E-state index >= 15 is 0 Å². The van der Waals surface area contributed by atoms with Gasteiger partial charge in [0.2, 0.25) is 5.91 Å². The number of ether oxygens (including phenoxy) is 2. The van der Waals surface area contributed by atoms with Crippen molar-refractivity contribution < 1.29 is 19.1 Å². The summed E-state index contributed by atoms with van der Waals surface area (Å²) in [7, 11) is 2.95. The zero-order valence-corrected chi connectivity index (χ0v) is 19.3. The van der Waals surface area contributed by atoms with Crippen molar-refractivity contribution in [1.82, 2.24) is 14.5 Å². The van der Waals surface area contributed by atoms with E-state index in [0.29, 0.717) is 53.4 Å². The van der Waals surface area contributed by atoms with E-state index in [4.69, 9.17) is 9.47 Å². The highest BCUT2D eigenvalue weighted by molar-refractivity contribution is 7.99. The van der Waals surface area contributed by atoms with Crippen molar-refractivity contribution >= 4 is 34.5 Å². The molecule has 4 rings (SSSR count). The first-order valence-electron chi connectivity index (χ1n) is 10.7. The van der Waals surface area contributed by atoms with Crippen LogP contribution in [0.15, 0.2) is 58.5 Å². The molecule has 1 aromatic heterocycles. The Morgan fingerprint density at radius 1 is 1.09 bits per heavy atom. The van der Waals surface area contributed by atoms with Gasteiger partial charge in [0.15, 0.2) is 5.16 Å². The van der Waals surface area contributed by atoms with Crippen LogP contribution in [0, 0.1) is 5.92 Å². The third-order valence-corrected chi connectivity index (χ3v) is 6.69. The number of nitrogens with zero attached hydrogens (tertiary/aromatic N) is 3. The highest BCUT2D eigenvalue weighted by Crippen LogP contribution is 2.25. The van der Waals surface area contributed by atoms with Crippen LogP contribution in [0.2, 0.25) is 0 Å². The SMILES string of the molecule is COC(=O)C1CCN(C(=O)CSc2nc3ccccc3c(=O)n2-c2cccc(OC)c2)CC1. The molecule has 0 unspecified atom stereocenters. The molecule has 172 valence electrons. The first kappa shape index (κ1) is 22.8. The summed E-state index contributed by atoms with van der Waals surface area (Å²) in [5.74, 6) is 0.319. The van der Waals surface area contributed by atoms with Crippen LogP contribution in [0.1, 0.15) is 12.8 Å². The van der Waals surface area contributed by atoms with Crippen LogP contribution in [-0.2, 0) is 14.3 Å². The lowest BCUT2D eigenvalue weighted by Crippen LogP contribution is -2.41. The van der Waals surface area contributed by atoms with Crippen LogP contribution >= 0.6 is 11.8 Å². The van der Waals surface area contributed by atoms with Gasteiger partial charge in [0.25, 0.3) is 5.56 Å². The molecule has 0 N–H and O–H groups in total. The van der Waals surface area contributed by atoms with Crippen LogP contribution in [-0.4, -0.2) is 59.4 Å². The summed E-state index contributed by atoms with van der Waals surface area (Å²) in [6.07, 6.45) is 1.18. The van der Waals surface area contributed by atoms with Gasteiger partial charge < -0.3 is 14.4 Å². The molecule has 0 spiro atoms. The van der Waals surface area contributed by atoms with Gasteiger partial charge in [-0.15, -0.1) is 0 Å². The Bertz CT molecular complexity index is 1230. The van der Waals surface area contributed by atoms with Gasteiger partial charge in [0.05, 0.1) is 42.5 Å². The number of esters is 1. The van der Waals surface area contributed by atoms with Crippen LogP contribution in [0.4, 0.5) is 0 Å². The minimum Gasteiger partial charge on any atom is -0.497 e. The van der Waals surface area contributed by atoms with Crippen LogP contribution in [0.25, 0.3) is 16.6 Å². The van der Waals surface area contributed by atoms with E-state index in [1.54, 1.807) is 48.4 Å². The molecule has 1 saturated heterocycles. The number of carbonyl (C=O) groups excluding carboxylic acids is 2. The van der Waals surface area contributed by atoms with E-state index in [-0.39, 0.29) is 29.1 Å². The molecule has 1 aliphatic rings. The number of thioether (sulfide) groups is 1. The van der Waals surface area contributed by atoms with Gasteiger partial charge in [-0.05, 0) is 37.1 Å². The lowest BCUT2D eigenvalue weighted by atomic mass is 9.97. The molecule has 33 heavy (non-hydrogen) atoms. The van der Waals surface area contributed by atoms with Crippen LogP contribution < -0.4 is 10.3 Å². The molecule has 2 aromatic carbocycles.